The number of non-ortho nitro benzene ring substituents is 1. The van der Waals surface area contributed by atoms with Crippen molar-refractivity contribution < 1.29 is 22.8 Å². The minimum Gasteiger partial charge on any atom is -0.406 e. The van der Waals surface area contributed by atoms with Gasteiger partial charge in [-0.3, -0.25) is 10.1 Å². The molecule has 0 radical (unpaired) electrons. The summed E-state index contributed by atoms with van der Waals surface area (Å²) < 4.78 is 40.4. The van der Waals surface area contributed by atoms with E-state index in [0.29, 0.717) is 0 Å². The fourth-order valence-corrected chi connectivity index (χ4v) is 1.94. The summed E-state index contributed by atoms with van der Waals surface area (Å²) in [5.41, 5.74) is 0.320. The van der Waals surface area contributed by atoms with E-state index in [4.69, 9.17) is 11.6 Å². The van der Waals surface area contributed by atoms with Gasteiger partial charge < -0.3 is 4.74 Å². The Hall–Kier alpha value is -2.28. The Morgan fingerprint density at radius 3 is 2.48 bits per heavy atom. The summed E-state index contributed by atoms with van der Waals surface area (Å²) in [5, 5.41) is 10.9. The van der Waals surface area contributed by atoms with E-state index in [-0.39, 0.29) is 21.8 Å². The number of halogens is 4. The van der Waals surface area contributed by atoms with Crippen molar-refractivity contribution in [2.75, 3.05) is 0 Å². The lowest BCUT2D eigenvalue weighted by atomic mass is 10.0. The Kier molecular flexibility index (Phi) is 4.04. The number of ether oxygens (including phenoxy) is 1. The largest absolute Gasteiger partial charge is 0.573 e. The van der Waals surface area contributed by atoms with Crippen LogP contribution in [-0.2, 0) is 0 Å². The zero-order valence-corrected chi connectivity index (χ0v) is 11.0. The fraction of sp³-hybridized carbons (Fsp3) is 0.0769. The standard InChI is InChI=1S/C13H7ClF3NO3/c14-12-5-4-9(18(19)20)7-11(12)8-2-1-3-10(6-8)21-13(15,16)17/h1-7H. The van der Waals surface area contributed by atoms with Crippen molar-refractivity contribution in [2.45, 2.75) is 6.36 Å². The highest BCUT2D eigenvalue weighted by Crippen LogP contribution is 2.34. The molecule has 0 aromatic heterocycles. The molecule has 0 heterocycles. The first-order valence-electron chi connectivity index (χ1n) is 5.56. The van der Waals surface area contributed by atoms with Crippen molar-refractivity contribution in [3.05, 3.63) is 57.6 Å². The molecule has 0 aliphatic carbocycles. The predicted molar refractivity (Wildman–Crippen MR) is 70.2 cm³/mol. The molecule has 0 N–H and O–H groups in total. The fourth-order valence-electron chi connectivity index (χ4n) is 1.71. The molecule has 0 saturated heterocycles. The highest BCUT2D eigenvalue weighted by atomic mass is 35.5. The molecule has 0 bridgehead atoms. The van der Waals surface area contributed by atoms with Gasteiger partial charge in [-0.2, -0.15) is 0 Å². The molecular formula is C13H7ClF3NO3. The maximum absolute atomic E-state index is 12.2. The molecule has 0 aliphatic heterocycles. The second-order valence-corrected chi connectivity index (χ2v) is 4.40. The Bertz CT molecular complexity index is 689. The van der Waals surface area contributed by atoms with Gasteiger partial charge in [-0.05, 0) is 23.8 Å². The van der Waals surface area contributed by atoms with Gasteiger partial charge in [0.25, 0.3) is 5.69 Å². The highest BCUT2D eigenvalue weighted by molar-refractivity contribution is 6.33. The minimum absolute atomic E-state index is 0.185. The molecule has 0 fully saturated rings. The SMILES string of the molecule is O=[N+]([O-])c1ccc(Cl)c(-c2cccc(OC(F)(F)F)c2)c1. The lowest BCUT2D eigenvalue weighted by Gasteiger charge is -2.10. The van der Waals surface area contributed by atoms with Crippen molar-refractivity contribution in [3.8, 4) is 16.9 Å². The molecule has 8 heteroatoms. The summed E-state index contributed by atoms with van der Waals surface area (Å²) >= 11 is 5.94. The van der Waals surface area contributed by atoms with Gasteiger partial charge in [0.05, 0.1) is 4.92 Å². The van der Waals surface area contributed by atoms with Gasteiger partial charge in [0, 0.05) is 22.7 Å². The summed E-state index contributed by atoms with van der Waals surface area (Å²) in [6.45, 7) is 0. The summed E-state index contributed by atoms with van der Waals surface area (Å²) in [4.78, 5) is 10.1. The molecule has 2 aromatic carbocycles. The molecule has 2 aromatic rings. The number of rotatable bonds is 3. The van der Waals surface area contributed by atoms with Gasteiger partial charge in [-0.1, -0.05) is 23.7 Å². The van der Waals surface area contributed by atoms with Crippen LogP contribution in [0.3, 0.4) is 0 Å². The van der Waals surface area contributed by atoms with E-state index in [1.165, 1.54) is 30.3 Å². The minimum atomic E-state index is -4.81. The first-order valence-corrected chi connectivity index (χ1v) is 5.94. The molecule has 0 aliphatic rings. The van der Waals surface area contributed by atoms with Gasteiger partial charge in [0.2, 0.25) is 0 Å². The first-order chi connectivity index (χ1) is 9.76. The number of hydrogen-bond donors (Lipinski definition) is 0. The van der Waals surface area contributed by atoms with Crippen molar-refractivity contribution in [1.29, 1.82) is 0 Å². The molecular weight excluding hydrogens is 311 g/mol. The molecule has 2 rings (SSSR count). The monoisotopic (exact) mass is 317 g/mol. The van der Waals surface area contributed by atoms with E-state index in [0.717, 1.165) is 12.1 Å². The normalized spacial score (nSPS) is 11.2. The molecule has 0 unspecified atom stereocenters. The first kappa shape index (κ1) is 15.1. The highest BCUT2D eigenvalue weighted by Gasteiger charge is 2.31. The van der Waals surface area contributed by atoms with Crippen LogP contribution in [0.1, 0.15) is 0 Å². The third-order valence-electron chi connectivity index (χ3n) is 2.54. The Balaban J connectivity index is 2.45. The molecule has 0 atom stereocenters. The van der Waals surface area contributed by atoms with Gasteiger partial charge in [-0.25, -0.2) is 0 Å². The number of nitro benzene ring substituents is 1. The number of alkyl halides is 3. The average Bonchev–Trinajstić information content (AvgIpc) is 2.37. The van der Waals surface area contributed by atoms with Gasteiger partial charge in [-0.15, -0.1) is 13.2 Å². The molecule has 4 nitrogen and oxygen atoms in total. The van der Waals surface area contributed by atoms with Gasteiger partial charge in [0.15, 0.2) is 0 Å². The van der Waals surface area contributed by atoms with Crippen LogP contribution < -0.4 is 4.74 Å². The van der Waals surface area contributed by atoms with Crippen LogP contribution in [0.4, 0.5) is 18.9 Å². The summed E-state index contributed by atoms with van der Waals surface area (Å²) in [5.74, 6) is -0.428. The van der Waals surface area contributed by atoms with E-state index >= 15 is 0 Å². The number of hydrogen-bond acceptors (Lipinski definition) is 3. The number of nitro groups is 1. The van der Waals surface area contributed by atoms with E-state index in [2.05, 4.69) is 4.74 Å². The van der Waals surface area contributed by atoms with Crippen molar-refractivity contribution in [1.82, 2.24) is 0 Å². The topological polar surface area (TPSA) is 52.4 Å². The van der Waals surface area contributed by atoms with Crippen molar-refractivity contribution in [2.24, 2.45) is 0 Å². The van der Waals surface area contributed by atoms with E-state index in [1.54, 1.807) is 0 Å². The summed E-state index contributed by atoms with van der Waals surface area (Å²) in [7, 11) is 0. The zero-order chi connectivity index (χ0) is 15.6. The van der Waals surface area contributed by atoms with E-state index in [9.17, 15) is 23.3 Å². The maximum atomic E-state index is 12.2. The predicted octanol–water partition coefficient (Wildman–Crippen LogP) is 4.81. The second-order valence-electron chi connectivity index (χ2n) is 4.00. The second kappa shape index (κ2) is 5.61. The van der Waals surface area contributed by atoms with Crippen LogP contribution >= 0.6 is 11.6 Å². The smallest absolute Gasteiger partial charge is 0.406 e. The van der Waals surface area contributed by atoms with Crippen LogP contribution in [0, 0.1) is 10.1 Å². The molecule has 0 spiro atoms. The number of nitrogens with zero attached hydrogens (tertiary/aromatic N) is 1. The van der Waals surface area contributed by atoms with Crippen LogP contribution in [0.15, 0.2) is 42.5 Å². The third-order valence-corrected chi connectivity index (χ3v) is 2.87. The van der Waals surface area contributed by atoms with Crippen molar-refractivity contribution in [3.63, 3.8) is 0 Å². The number of benzene rings is 2. The zero-order valence-electron chi connectivity index (χ0n) is 10.2. The van der Waals surface area contributed by atoms with Gasteiger partial charge >= 0.3 is 6.36 Å². The quantitative estimate of drug-likeness (QED) is 0.602. The maximum Gasteiger partial charge on any atom is 0.573 e. The third kappa shape index (κ3) is 3.85. The Morgan fingerprint density at radius 2 is 1.86 bits per heavy atom. The Labute approximate surface area is 121 Å². The van der Waals surface area contributed by atoms with Crippen LogP contribution in [-0.4, -0.2) is 11.3 Å². The van der Waals surface area contributed by atoms with Gasteiger partial charge in [0.1, 0.15) is 5.75 Å². The lowest BCUT2D eigenvalue weighted by Crippen LogP contribution is -2.17. The summed E-state index contributed by atoms with van der Waals surface area (Å²) in [6.07, 6.45) is -4.81. The van der Waals surface area contributed by atoms with Crippen LogP contribution in [0.5, 0.6) is 5.75 Å². The molecule has 0 amide bonds. The molecule has 0 saturated carbocycles. The van der Waals surface area contributed by atoms with Crippen LogP contribution in [0.2, 0.25) is 5.02 Å². The molecule has 21 heavy (non-hydrogen) atoms. The van der Waals surface area contributed by atoms with E-state index in [1.807, 2.05) is 0 Å². The van der Waals surface area contributed by atoms with Crippen molar-refractivity contribution >= 4 is 17.3 Å². The Morgan fingerprint density at radius 1 is 1.14 bits per heavy atom. The lowest BCUT2D eigenvalue weighted by molar-refractivity contribution is -0.384. The summed E-state index contributed by atoms with van der Waals surface area (Å²) in [6, 6.07) is 8.77. The van der Waals surface area contributed by atoms with E-state index < -0.39 is 17.0 Å². The average molecular weight is 318 g/mol. The van der Waals surface area contributed by atoms with Crippen LogP contribution in [0.25, 0.3) is 11.1 Å². The molecule has 110 valence electrons.